The minimum absolute atomic E-state index is 0.299. The van der Waals surface area contributed by atoms with Crippen LogP contribution in [0.4, 0.5) is 0 Å². The molecule has 0 saturated heterocycles. The third-order valence-electron chi connectivity index (χ3n) is 2.56. The average Bonchev–Trinajstić information content (AvgIpc) is 2.62. The van der Waals surface area contributed by atoms with Gasteiger partial charge in [-0.3, -0.25) is 9.59 Å². The third kappa shape index (κ3) is 1.95. The van der Waals surface area contributed by atoms with Crippen LogP contribution in [0.25, 0.3) is 5.69 Å². The van der Waals surface area contributed by atoms with Crippen molar-refractivity contribution >= 4 is 11.8 Å². The van der Waals surface area contributed by atoms with Crippen molar-refractivity contribution in [3.63, 3.8) is 0 Å². The van der Waals surface area contributed by atoms with Crippen molar-refractivity contribution in [1.29, 1.82) is 0 Å². The SMILES string of the molecule is CC(=O)n1c(=O)n(-c2ccccc2)c(=O)n1C(C)=O. The number of nitrogens with zero attached hydrogens (tertiary/aromatic N) is 3. The lowest BCUT2D eigenvalue weighted by molar-refractivity contribution is 0.0814. The zero-order valence-electron chi connectivity index (χ0n) is 10.4. The predicted molar refractivity (Wildman–Crippen MR) is 66.9 cm³/mol. The topological polar surface area (TPSA) is 83.1 Å². The second kappa shape index (κ2) is 4.52. The minimum atomic E-state index is -0.862. The number of benzene rings is 1. The van der Waals surface area contributed by atoms with Gasteiger partial charge >= 0.3 is 11.4 Å². The Balaban J connectivity index is 2.90. The molecule has 0 saturated carbocycles. The molecule has 2 rings (SSSR count). The fourth-order valence-corrected chi connectivity index (χ4v) is 1.79. The summed E-state index contributed by atoms with van der Waals surface area (Å²) >= 11 is 0. The second-order valence-corrected chi connectivity index (χ2v) is 3.90. The molecular weight excluding hydrogens is 250 g/mol. The number of rotatable bonds is 1. The highest BCUT2D eigenvalue weighted by molar-refractivity contribution is 5.81. The van der Waals surface area contributed by atoms with Gasteiger partial charge < -0.3 is 0 Å². The van der Waals surface area contributed by atoms with Gasteiger partial charge in [-0.25, -0.2) is 14.2 Å². The van der Waals surface area contributed by atoms with E-state index in [0.29, 0.717) is 15.1 Å². The normalized spacial score (nSPS) is 10.4. The molecule has 98 valence electrons. The molecule has 0 radical (unpaired) electrons. The lowest BCUT2D eigenvalue weighted by atomic mass is 10.3. The first-order valence-corrected chi connectivity index (χ1v) is 5.49. The van der Waals surface area contributed by atoms with Crippen molar-refractivity contribution in [2.75, 3.05) is 0 Å². The lowest BCUT2D eigenvalue weighted by Gasteiger charge is -1.99. The molecule has 1 heterocycles. The zero-order chi connectivity index (χ0) is 14.2. The maximum absolute atomic E-state index is 12.1. The fourth-order valence-electron chi connectivity index (χ4n) is 1.79. The van der Waals surface area contributed by atoms with Gasteiger partial charge in [0.1, 0.15) is 0 Å². The molecule has 0 aliphatic carbocycles. The quantitative estimate of drug-likeness (QED) is 0.730. The first-order valence-electron chi connectivity index (χ1n) is 5.49. The Labute approximate surface area is 107 Å². The van der Waals surface area contributed by atoms with Crippen molar-refractivity contribution in [1.82, 2.24) is 13.9 Å². The summed E-state index contributed by atoms with van der Waals surface area (Å²) in [5.41, 5.74) is -1.43. The van der Waals surface area contributed by atoms with Crippen LogP contribution in [0.3, 0.4) is 0 Å². The van der Waals surface area contributed by atoms with Crippen LogP contribution in [0.1, 0.15) is 23.4 Å². The van der Waals surface area contributed by atoms with E-state index in [1.54, 1.807) is 18.2 Å². The standard InChI is InChI=1S/C12H11N3O4/c1-8(16)14-11(18)13(10-6-4-3-5-7-10)12(19)15(14)9(2)17/h3-7H,1-2H3. The van der Waals surface area contributed by atoms with Gasteiger partial charge in [0.15, 0.2) is 0 Å². The first-order chi connectivity index (χ1) is 8.95. The summed E-state index contributed by atoms with van der Waals surface area (Å²) in [6.07, 6.45) is 0. The lowest BCUT2D eigenvalue weighted by Crippen LogP contribution is -2.33. The molecule has 19 heavy (non-hydrogen) atoms. The summed E-state index contributed by atoms with van der Waals surface area (Å²) in [7, 11) is 0. The van der Waals surface area contributed by atoms with Crippen molar-refractivity contribution < 1.29 is 9.59 Å². The van der Waals surface area contributed by atoms with Gasteiger partial charge in [0.25, 0.3) is 0 Å². The second-order valence-electron chi connectivity index (χ2n) is 3.90. The summed E-state index contributed by atoms with van der Waals surface area (Å²) in [5.74, 6) is -1.40. The zero-order valence-corrected chi connectivity index (χ0v) is 10.4. The molecule has 0 amide bonds. The van der Waals surface area contributed by atoms with Gasteiger partial charge in [0.05, 0.1) is 5.69 Å². The number of aromatic nitrogens is 3. The molecular formula is C12H11N3O4. The van der Waals surface area contributed by atoms with Gasteiger partial charge in [0.2, 0.25) is 11.8 Å². The van der Waals surface area contributed by atoms with Gasteiger partial charge in [0, 0.05) is 13.8 Å². The number of hydrogen-bond acceptors (Lipinski definition) is 4. The van der Waals surface area contributed by atoms with Crippen LogP contribution in [0.15, 0.2) is 39.9 Å². The van der Waals surface area contributed by atoms with E-state index in [9.17, 15) is 19.2 Å². The molecule has 0 spiro atoms. The largest absolute Gasteiger partial charge is 0.359 e. The summed E-state index contributed by atoms with van der Waals surface area (Å²) in [4.78, 5) is 47.0. The van der Waals surface area contributed by atoms with Crippen LogP contribution < -0.4 is 11.4 Å². The highest BCUT2D eigenvalue weighted by atomic mass is 16.2. The van der Waals surface area contributed by atoms with Crippen molar-refractivity contribution in [2.24, 2.45) is 0 Å². The Morgan fingerprint density at radius 2 is 1.26 bits per heavy atom. The van der Waals surface area contributed by atoms with Crippen LogP contribution in [0, 0.1) is 0 Å². The molecule has 7 nitrogen and oxygen atoms in total. The summed E-state index contributed by atoms with van der Waals surface area (Å²) in [6.45, 7) is 2.21. The van der Waals surface area contributed by atoms with Crippen molar-refractivity contribution in [3.05, 3.63) is 51.3 Å². The molecule has 0 N–H and O–H groups in total. The Hall–Kier alpha value is -2.70. The maximum Gasteiger partial charge on any atom is 0.359 e. The number of carbonyl (C=O) groups is 2. The number of hydrogen-bond donors (Lipinski definition) is 0. The van der Waals surface area contributed by atoms with Crippen LogP contribution >= 0.6 is 0 Å². The van der Waals surface area contributed by atoms with E-state index in [4.69, 9.17) is 0 Å². The molecule has 0 bridgehead atoms. The van der Waals surface area contributed by atoms with Gasteiger partial charge in [-0.15, -0.1) is 0 Å². The Bertz CT molecular complexity index is 719. The average molecular weight is 261 g/mol. The van der Waals surface area contributed by atoms with Gasteiger partial charge in [-0.05, 0) is 12.1 Å². The van der Waals surface area contributed by atoms with Gasteiger partial charge in [-0.1, -0.05) is 18.2 Å². The molecule has 0 aliphatic rings. The molecule has 1 aromatic heterocycles. The highest BCUT2D eigenvalue weighted by Gasteiger charge is 2.21. The van der Waals surface area contributed by atoms with E-state index in [2.05, 4.69) is 0 Å². The smallest absolute Gasteiger partial charge is 0.273 e. The van der Waals surface area contributed by atoms with E-state index in [-0.39, 0.29) is 0 Å². The summed E-state index contributed by atoms with van der Waals surface area (Å²) < 4.78 is 1.83. The van der Waals surface area contributed by atoms with Crippen LogP contribution in [-0.4, -0.2) is 25.7 Å². The Morgan fingerprint density at radius 1 is 0.842 bits per heavy atom. The van der Waals surface area contributed by atoms with E-state index in [1.807, 2.05) is 0 Å². The third-order valence-corrected chi connectivity index (χ3v) is 2.56. The molecule has 0 fully saturated rings. The van der Waals surface area contributed by atoms with Crippen molar-refractivity contribution in [2.45, 2.75) is 13.8 Å². The summed E-state index contributed by atoms with van der Waals surface area (Å²) in [6, 6.07) is 8.09. The molecule has 0 unspecified atom stereocenters. The summed E-state index contributed by atoms with van der Waals surface area (Å²) in [5, 5.41) is 0. The molecule has 0 atom stereocenters. The van der Waals surface area contributed by atoms with Crippen molar-refractivity contribution in [3.8, 4) is 5.69 Å². The monoisotopic (exact) mass is 261 g/mol. The minimum Gasteiger partial charge on any atom is -0.273 e. The van der Waals surface area contributed by atoms with E-state index in [1.165, 1.54) is 12.1 Å². The van der Waals surface area contributed by atoms with Crippen LogP contribution in [0.5, 0.6) is 0 Å². The number of para-hydroxylation sites is 1. The molecule has 7 heteroatoms. The highest BCUT2D eigenvalue weighted by Crippen LogP contribution is 2.00. The Morgan fingerprint density at radius 3 is 1.63 bits per heavy atom. The van der Waals surface area contributed by atoms with E-state index in [0.717, 1.165) is 18.4 Å². The van der Waals surface area contributed by atoms with E-state index < -0.39 is 23.2 Å². The molecule has 0 aliphatic heterocycles. The van der Waals surface area contributed by atoms with Crippen LogP contribution in [0.2, 0.25) is 0 Å². The Kier molecular flexibility index (Phi) is 3.04. The number of carbonyl (C=O) groups excluding carboxylic acids is 2. The fraction of sp³-hybridized carbons (Fsp3) is 0.167. The molecule has 2 aromatic rings. The van der Waals surface area contributed by atoms with Gasteiger partial charge in [-0.2, -0.15) is 9.36 Å². The van der Waals surface area contributed by atoms with Crippen LogP contribution in [-0.2, 0) is 0 Å². The molecule has 1 aromatic carbocycles. The predicted octanol–water partition coefficient (Wildman–Crippen LogP) is 0.121. The van der Waals surface area contributed by atoms with E-state index >= 15 is 0 Å². The maximum atomic E-state index is 12.1. The first kappa shape index (κ1) is 12.7.